The number of aliphatic carboxylic acids is 1. The number of likely N-dealkylation sites (tertiary alicyclic amines) is 1. The Kier molecular flexibility index (Phi) is 6.72. The molecule has 1 rings (SSSR count). The third-order valence-corrected chi connectivity index (χ3v) is 4.26. The maximum absolute atomic E-state index is 12.3. The Bertz CT molecular complexity index is 459. The van der Waals surface area contributed by atoms with Gasteiger partial charge in [-0.15, -0.1) is 6.42 Å². The molecule has 0 aromatic heterocycles. The number of hydrogen-bond acceptors (Lipinski definition) is 5. The second-order valence-electron chi connectivity index (χ2n) is 4.92. The molecule has 0 bridgehead atoms. The molecule has 0 aromatic rings. The number of carboxylic acid groups (broad SMARTS) is 1. The summed E-state index contributed by atoms with van der Waals surface area (Å²) in [5.74, 6) is 0.911. The molecule has 6 nitrogen and oxygen atoms in total. The first-order valence-corrected chi connectivity index (χ1v) is 7.57. The predicted octanol–water partition coefficient (Wildman–Crippen LogP) is 0.606. The molecule has 1 fully saturated rings. The molecule has 21 heavy (non-hydrogen) atoms. The third-order valence-electron chi connectivity index (χ3n) is 3.19. The van der Waals surface area contributed by atoms with Gasteiger partial charge in [0.2, 0.25) is 5.91 Å². The Labute approximate surface area is 128 Å². The number of amides is 1. The van der Waals surface area contributed by atoms with Crippen molar-refractivity contribution < 1.29 is 24.2 Å². The first-order valence-electron chi connectivity index (χ1n) is 6.58. The van der Waals surface area contributed by atoms with Gasteiger partial charge < -0.3 is 14.7 Å². The molecule has 0 aliphatic carbocycles. The topological polar surface area (TPSA) is 83.9 Å². The lowest BCUT2D eigenvalue weighted by molar-refractivity contribution is -0.149. The molecule has 1 amide bonds. The molecular weight excluding hydrogens is 294 g/mol. The van der Waals surface area contributed by atoms with E-state index in [0.29, 0.717) is 5.75 Å². The standard InChI is InChI=1S/C14H19NO5S/c1-4-5-20-11-6-12(14(18)19)15(7-11)13(17)9(2)8-21-10(3)16/h1,9,11-12H,5-8H2,2-3H3,(H,18,19)/t9?,11-,12+/m1/s1. The zero-order chi connectivity index (χ0) is 16.0. The monoisotopic (exact) mass is 313 g/mol. The van der Waals surface area contributed by atoms with Crippen LogP contribution in [-0.4, -0.2) is 58.0 Å². The van der Waals surface area contributed by atoms with E-state index in [1.165, 1.54) is 11.8 Å². The minimum absolute atomic E-state index is 0.0684. The van der Waals surface area contributed by atoms with Crippen LogP contribution in [0.2, 0.25) is 0 Å². The quantitative estimate of drug-likeness (QED) is 0.723. The van der Waals surface area contributed by atoms with Crippen molar-refractivity contribution in [2.24, 2.45) is 5.92 Å². The number of ether oxygens (including phenoxy) is 1. The van der Waals surface area contributed by atoms with Crippen LogP contribution in [0.1, 0.15) is 20.3 Å². The van der Waals surface area contributed by atoms with E-state index in [9.17, 15) is 19.5 Å². The Morgan fingerprint density at radius 3 is 2.71 bits per heavy atom. The van der Waals surface area contributed by atoms with Crippen molar-refractivity contribution in [2.75, 3.05) is 18.9 Å². The lowest BCUT2D eigenvalue weighted by Crippen LogP contribution is -2.43. The van der Waals surface area contributed by atoms with Crippen LogP contribution in [0.3, 0.4) is 0 Å². The largest absolute Gasteiger partial charge is 0.480 e. The van der Waals surface area contributed by atoms with Crippen LogP contribution >= 0.6 is 11.8 Å². The number of carbonyl (C=O) groups excluding carboxylic acids is 2. The first kappa shape index (κ1) is 17.5. The van der Waals surface area contributed by atoms with Gasteiger partial charge in [-0.1, -0.05) is 24.6 Å². The van der Waals surface area contributed by atoms with E-state index in [0.717, 1.165) is 11.8 Å². The molecule has 1 heterocycles. The van der Waals surface area contributed by atoms with Gasteiger partial charge in [0, 0.05) is 31.6 Å². The van der Waals surface area contributed by atoms with Gasteiger partial charge in [0.25, 0.3) is 0 Å². The summed E-state index contributed by atoms with van der Waals surface area (Å²) in [7, 11) is 0. The number of carboxylic acids is 1. The molecule has 3 atom stereocenters. The van der Waals surface area contributed by atoms with Crippen molar-refractivity contribution in [3.05, 3.63) is 0 Å². The lowest BCUT2D eigenvalue weighted by atomic mass is 10.1. The van der Waals surface area contributed by atoms with Crippen LogP contribution in [-0.2, 0) is 19.1 Å². The number of rotatable bonds is 6. The number of thioether (sulfide) groups is 1. The van der Waals surface area contributed by atoms with Gasteiger partial charge >= 0.3 is 5.97 Å². The number of hydrogen-bond donors (Lipinski definition) is 1. The van der Waals surface area contributed by atoms with Crippen LogP contribution in [0.15, 0.2) is 0 Å². The first-order chi connectivity index (χ1) is 9.86. The van der Waals surface area contributed by atoms with E-state index in [4.69, 9.17) is 11.2 Å². The van der Waals surface area contributed by atoms with Crippen LogP contribution < -0.4 is 0 Å². The molecule has 1 N–H and O–H groups in total. The highest BCUT2D eigenvalue weighted by atomic mass is 32.2. The fourth-order valence-corrected chi connectivity index (χ4v) is 2.79. The zero-order valence-electron chi connectivity index (χ0n) is 12.1. The van der Waals surface area contributed by atoms with Crippen molar-refractivity contribution in [1.82, 2.24) is 4.90 Å². The summed E-state index contributed by atoms with van der Waals surface area (Å²) in [5.41, 5.74) is 0. The van der Waals surface area contributed by atoms with E-state index < -0.39 is 17.9 Å². The minimum atomic E-state index is -1.05. The van der Waals surface area contributed by atoms with Crippen molar-refractivity contribution in [3.63, 3.8) is 0 Å². The van der Waals surface area contributed by atoms with Gasteiger partial charge in [0.05, 0.1) is 6.10 Å². The fraction of sp³-hybridized carbons (Fsp3) is 0.643. The summed E-state index contributed by atoms with van der Waals surface area (Å²) >= 11 is 1.06. The van der Waals surface area contributed by atoms with Gasteiger partial charge in [-0.25, -0.2) is 4.79 Å². The van der Waals surface area contributed by atoms with Gasteiger partial charge in [-0.05, 0) is 0 Å². The molecule has 1 saturated heterocycles. The van der Waals surface area contributed by atoms with Crippen molar-refractivity contribution in [3.8, 4) is 12.3 Å². The molecule has 0 spiro atoms. The average molecular weight is 313 g/mol. The minimum Gasteiger partial charge on any atom is -0.480 e. The maximum Gasteiger partial charge on any atom is 0.326 e. The summed E-state index contributed by atoms with van der Waals surface area (Å²) in [4.78, 5) is 35.9. The molecule has 1 aliphatic heterocycles. The number of terminal acetylenes is 1. The zero-order valence-corrected chi connectivity index (χ0v) is 12.9. The fourth-order valence-electron chi connectivity index (χ4n) is 2.16. The number of carbonyl (C=O) groups is 3. The highest BCUT2D eigenvalue weighted by Gasteiger charge is 2.41. The normalized spacial score (nSPS) is 22.6. The molecular formula is C14H19NO5S. The Balaban J connectivity index is 2.68. The SMILES string of the molecule is C#CCO[C@@H]1C[C@@H](C(=O)O)N(C(=O)C(C)CSC(C)=O)C1. The second-order valence-corrected chi connectivity index (χ2v) is 6.12. The van der Waals surface area contributed by atoms with Crippen molar-refractivity contribution >= 4 is 28.8 Å². The Morgan fingerprint density at radius 2 is 2.19 bits per heavy atom. The van der Waals surface area contributed by atoms with Crippen LogP contribution in [0, 0.1) is 18.3 Å². The summed E-state index contributed by atoms with van der Waals surface area (Å²) in [5, 5.41) is 9.16. The van der Waals surface area contributed by atoms with Crippen LogP contribution in [0.25, 0.3) is 0 Å². The average Bonchev–Trinajstić information content (AvgIpc) is 2.85. The van der Waals surface area contributed by atoms with Gasteiger partial charge in [-0.3, -0.25) is 9.59 Å². The van der Waals surface area contributed by atoms with E-state index in [2.05, 4.69) is 5.92 Å². The molecule has 0 saturated carbocycles. The van der Waals surface area contributed by atoms with Gasteiger partial charge in [-0.2, -0.15) is 0 Å². The van der Waals surface area contributed by atoms with E-state index in [1.54, 1.807) is 6.92 Å². The maximum atomic E-state index is 12.3. The summed E-state index contributed by atoms with van der Waals surface area (Å²) < 4.78 is 5.34. The lowest BCUT2D eigenvalue weighted by Gasteiger charge is -2.24. The molecule has 7 heteroatoms. The summed E-state index contributed by atoms with van der Waals surface area (Å²) in [6.45, 7) is 3.43. The smallest absolute Gasteiger partial charge is 0.326 e. The van der Waals surface area contributed by atoms with Crippen LogP contribution in [0.4, 0.5) is 0 Å². The molecule has 1 unspecified atom stereocenters. The predicted molar refractivity (Wildman–Crippen MR) is 78.6 cm³/mol. The third kappa shape index (κ3) is 5.06. The van der Waals surface area contributed by atoms with E-state index >= 15 is 0 Å². The van der Waals surface area contributed by atoms with Crippen molar-refractivity contribution in [2.45, 2.75) is 32.4 Å². The van der Waals surface area contributed by atoms with E-state index in [-0.39, 0.29) is 36.7 Å². The van der Waals surface area contributed by atoms with Crippen LogP contribution in [0.5, 0.6) is 0 Å². The Morgan fingerprint density at radius 1 is 1.52 bits per heavy atom. The van der Waals surface area contributed by atoms with Gasteiger partial charge in [0.15, 0.2) is 5.12 Å². The summed E-state index contributed by atoms with van der Waals surface area (Å²) in [6, 6.07) is -0.898. The van der Waals surface area contributed by atoms with E-state index in [1.807, 2.05) is 0 Å². The van der Waals surface area contributed by atoms with Gasteiger partial charge in [0.1, 0.15) is 12.6 Å². The highest BCUT2D eigenvalue weighted by molar-refractivity contribution is 8.13. The molecule has 0 radical (unpaired) electrons. The van der Waals surface area contributed by atoms with Crippen molar-refractivity contribution in [1.29, 1.82) is 0 Å². The molecule has 1 aliphatic rings. The second kappa shape index (κ2) is 8.05. The highest BCUT2D eigenvalue weighted by Crippen LogP contribution is 2.24. The Hall–Kier alpha value is -1.52. The molecule has 0 aromatic carbocycles. The number of nitrogens with zero attached hydrogens (tertiary/aromatic N) is 1. The summed E-state index contributed by atoms with van der Waals surface area (Å²) in [6.07, 6.45) is 4.97. The molecule has 116 valence electrons.